The molecule has 0 aromatic heterocycles. The number of carbonyl (C=O) groups excluding carboxylic acids is 1. The number of sulfonamides is 1. The van der Waals surface area contributed by atoms with E-state index in [9.17, 15) is 26.4 Å². The van der Waals surface area contributed by atoms with Crippen LogP contribution in [0.15, 0.2) is 53.4 Å². The highest BCUT2D eigenvalue weighted by molar-refractivity contribution is 7.89. The highest BCUT2D eigenvalue weighted by Crippen LogP contribution is 2.36. The molecule has 0 bridgehead atoms. The van der Waals surface area contributed by atoms with Crippen LogP contribution >= 0.6 is 11.6 Å². The SMILES string of the molecule is COC(=O)[C@@H](c1ccccc1Cl)N1CCN(S(=O)(=O)c2ccccc2C(F)(F)F)CC1. The van der Waals surface area contributed by atoms with Gasteiger partial charge in [0.1, 0.15) is 6.04 Å². The second-order valence-electron chi connectivity index (χ2n) is 6.88. The van der Waals surface area contributed by atoms with E-state index in [0.29, 0.717) is 10.6 Å². The van der Waals surface area contributed by atoms with Gasteiger partial charge in [-0.15, -0.1) is 0 Å². The minimum Gasteiger partial charge on any atom is -0.468 e. The summed E-state index contributed by atoms with van der Waals surface area (Å²) < 4.78 is 71.7. The van der Waals surface area contributed by atoms with Crippen LogP contribution in [0.3, 0.4) is 0 Å². The third kappa shape index (κ3) is 4.87. The maximum absolute atomic E-state index is 13.3. The molecule has 6 nitrogen and oxygen atoms in total. The van der Waals surface area contributed by atoms with E-state index in [4.69, 9.17) is 16.3 Å². The maximum Gasteiger partial charge on any atom is 0.417 e. The molecule has 1 saturated heterocycles. The number of hydrogen-bond donors (Lipinski definition) is 0. The fraction of sp³-hybridized carbons (Fsp3) is 0.350. The lowest BCUT2D eigenvalue weighted by molar-refractivity contribution is -0.148. The van der Waals surface area contributed by atoms with Crippen LogP contribution < -0.4 is 0 Å². The van der Waals surface area contributed by atoms with Gasteiger partial charge in [0.05, 0.1) is 17.6 Å². The number of piperazine rings is 1. The number of methoxy groups -OCH3 is 1. The van der Waals surface area contributed by atoms with Gasteiger partial charge in [-0.25, -0.2) is 13.2 Å². The van der Waals surface area contributed by atoms with Gasteiger partial charge in [-0.05, 0) is 23.8 Å². The molecule has 3 rings (SSSR count). The first-order chi connectivity index (χ1) is 14.6. The molecule has 0 radical (unpaired) electrons. The molecule has 31 heavy (non-hydrogen) atoms. The summed E-state index contributed by atoms with van der Waals surface area (Å²) in [4.78, 5) is 13.4. The van der Waals surface area contributed by atoms with Crippen molar-refractivity contribution in [3.05, 3.63) is 64.7 Å². The first-order valence-corrected chi connectivity index (χ1v) is 11.1. The van der Waals surface area contributed by atoms with E-state index in [1.807, 2.05) is 0 Å². The van der Waals surface area contributed by atoms with Crippen molar-refractivity contribution in [1.82, 2.24) is 9.21 Å². The molecule has 11 heteroatoms. The van der Waals surface area contributed by atoms with Gasteiger partial charge >= 0.3 is 12.1 Å². The van der Waals surface area contributed by atoms with Crippen molar-refractivity contribution >= 4 is 27.6 Å². The Morgan fingerprint density at radius 2 is 1.61 bits per heavy atom. The molecule has 1 heterocycles. The van der Waals surface area contributed by atoms with Gasteiger partial charge in [-0.2, -0.15) is 17.5 Å². The summed E-state index contributed by atoms with van der Waals surface area (Å²) in [6, 6.07) is 9.96. The fourth-order valence-corrected chi connectivity index (χ4v) is 5.42. The fourth-order valence-electron chi connectivity index (χ4n) is 3.55. The summed E-state index contributed by atoms with van der Waals surface area (Å²) in [6.07, 6.45) is -4.80. The molecule has 2 aromatic rings. The van der Waals surface area contributed by atoms with E-state index < -0.39 is 38.7 Å². The molecular weight excluding hydrogens is 457 g/mol. The third-order valence-corrected chi connectivity index (χ3v) is 7.37. The summed E-state index contributed by atoms with van der Waals surface area (Å²) in [5.74, 6) is -0.563. The first-order valence-electron chi connectivity index (χ1n) is 9.30. The Bertz CT molecular complexity index is 1050. The number of esters is 1. The van der Waals surface area contributed by atoms with Crippen LogP contribution in [0.25, 0.3) is 0 Å². The van der Waals surface area contributed by atoms with Crippen molar-refractivity contribution < 1.29 is 31.1 Å². The first kappa shape index (κ1) is 23.5. The van der Waals surface area contributed by atoms with E-state index in [1.54, 1.807) is 29.2 Å². The molecule has 1 aliphatic heterocycles. The summed E-state index contributed by atoms with van der Waals surface area (Å²) in [5.41, 5.74) is -0.698. The van der Waals surface area contributed by atoms with Gasteiger partial charge in [0.15, 0.2) is 0 Å². The number of benzene rings is 2. The molecule has 0 aliphatic carbocycles. The molecule has 0 spiro atoms. The van der Waals surface area contributed by atoms with E-state index in [2.05, 4.69) is 0 Å². The zero-order valence-electron chi connectivity index (χ0n) is 16.5. The topological polar surface area (TPSA) is 66.9 Å². The third-order valence-electron chi connectivity index (χ3n) is 5.07. The number of carbonyl (C=O) groups is 1. The van der Waals surface area contributed by atoms with Gasteiger partial charge in [0.25, 0.3) is 0 Å². The number of alkyl halides is 3. The number of rotatable bonds is 5. The molecule has 2 aromatic carbocycles. The van der Waals surface area contributed by atoms with Crippen molar-refractivity contribution in [1.29, 1.82) is 0 Å². The Hall–Kier alpha value is -2.14. The Kier molecular flexibility index (Phi) is 6.95. The predicted molar refractivity (Wildman–Crippen MR) is 108 cm³/mol. The second-order valence-corrected chi connectivity index (χ2v) is 9.19. The molecule has 168 valence electrons. The molecular formula is C20H20ClF3N2O4S. The predicted octanol–water partition coefficient (Wildman–Crippen LogP) is 3.58. The Morgan fingerprint density at radius 1 is 1.03 bits per heavy atom. The molecule has 0 unspecified atom stereocenters. The molecule has 0 amide bonds. The second kappa shape index (κ2) is 9.15. The minimum atomic E-state index is -4.80. The molecule has 0 saturated carbocycles. The van der Waals surface area contributed by atoms with Crippen molar-refractivity contribution in [2.75, 3.05) is 33.3 Å². The smallest absolute Gasteiger partial charge is 0.417 e. The normalized spacial score (nSPS) is 17.3. The van der Waals surface area contributed by atoms with E-state index in [1.165, 1.54) is 13.2 Å². The van der Waals surface area contributed by atoms with Crippen LogP contribution in [0.2, 0.25) is 5.02 Å². The zero-order chi connectivity index (χ0) is 22.8. The monoisotopic (exact) mass is 476 g/mol. The largest absolute Gasteiger partial charge is 0.468 e. The summed E-state index contributed by atoms with van der Waals surface area (Å²) >= 11 is 6.23. The van der Waals surface area contributed by atoms with E-state index >= 15 is 0 Å². The van der Waals surface area contributed by atoms with Crippen molar-refractivity contribution in [3.8, 4) is 0 Å². The summed E-state index contributed by atoms with van der Waals surface area (Å²) in [6.45, 7) is 0.0375. The number of hydrogen-bond acceptors (Lipinski definition) is 5. The number of ether oxygens (including phenoxy) is 1. The van der Waals surface area contributed by atoms with Crippen molar-refractivity contribution in [3.63, 3.8) is 0 Å². The zero-order valence-corrected chi connectivity index (χ0v) is 18.0. The lowest BCUT2D eigenvalue weighted by Gasteiger charge is -2.38. The lowest BCUT2D eigenvalue weighted by atomic mass is 10.0. The highest BCUT2D eigenvalue weighted by Gasteiger charge is 2.41. The standard InChI is InChI=1S/C20H20ClF3N2O4S/c1-30-19(27)18(14-6-2-4-8-16(14)21)25-10-12-26(13-11-25)31(28,29)17-9-5-3-7-15(17)20(22,23)24/h2-9,18H,10-13H2,1H3/t18-/m1/s1. The van der Waals surface area contributed by atoms with Gasteiger partial charge in [-0.1, -0.05) is 41.9 Å². The van der Waals surface area contributed by atoms with E-state index in [0.717, 1.165) is 22.5 Å². The Morgan fingerprint density at radius 3 is 2.19 bits per heavy atom. The van der Waals surface area contributed by atoms with Crippen LogP contribution in [-0.4, -0.2) is 56.9 Å². The average Bonchev–Trinajstić information content (AvgIpc) is 2.75. The van der Waals surface area contributed by atoms with E-state index in [-0.39, 0.29) is 26.2 Å². The van der Waals surface area contributed by atoms with Gasteiger partial charge in [0, 0.05) is 31.2 Å². The molecule has 0 N–H and O–H groups in total. The summed E-state index contributed by atoms with van der Waals surface area (Å²) in [7, 11) is -3.14. The Balaban J connectivity index is 1.84. The summed E-state index contributed by atoms with van der Waals surface area (Å²) in [5, 5.41) is 0.354. The van der Waals surface area contributed by atoms with Crippen molar-refractivity contribution in [2.24, 2.45) is 0 Å². The molecule has 1 aliphatic rings. The maximum atomic E-state index is 13.3. The van der Waals surface area contributed by atoms with Crippen LogP contribution in [-0.2, 0) is 25.7 Å². The van der Waals surface area contributed by atoms with Gasteiger partial charge in [-0.3, -0.25) is 4.90 Å². The van der Waals surface area contributed by atoms with Crippen LogP contribution in [0, 0.1) is 0 Å². The van der Waals surface area contributed by atoms with Gasteiger partial charge < -0.3 is 4.74 Å². The Labute approximate surface area is 183 Å². The number of nitrogens with zero attached hydrogens (tertiary/aromatic N) is 2. The highest BCUT2D eigenvalue weighted by atomic mass is 35.5. The van der Waals surface area contributed by atoms with Crippen molar-refractivity contribution in [2.45, 2.75) is 17.1 Å². The molecule has 1 atom stereocenters. The minimum absolute atomic E-state index is 0.0908. The van der Waals surface area contributed by atoms with Crippen LogP contribution in [0.4, 0.5) is 13.2 Å². The average molecular weight is 477 g/mol. The lowest BCUT2D eigenvalue weighted by Crippen LogP contribution is -2.51. The van der Waals surface area contributed by atoms with Crippen LogP contribution in [0.5, 0.6) is 0 Å². The number of halogens is 4. The van der Waals surface area contributed by atoms with Crippen LogP contribution in [0.1, 0.15) is 17.2 Å². The molecule has 1 fully saturated rings. The quantitative estimate of drug-likeness (QED) is 0.617. The van der Waals surface area contributed by atoms with Gasteiger partial charge in [0.2, 0.25) is 10.0 Å².